The van der Waals surface area contributed by atoms with Gasteiger partial charge in [-0.25, -0.2) is 0 Å². The summed E-state index contributed by atoms with van der Waals surface area (Å²) in [5.41, 5.74) is 3.47. The third kappa shape index (κ3) is 2.74. The van der Waals surface area contributed by atoms with Gasteiger partial charge in [0.1, 0.15) is 0 Å². The maximum Gasteiger partial charge on any atom is 0.0644 e. The van der Waals surface area contributed by atoms with Gasteiger partial charge in [0.2, 0.25) is 0 Å². The molecule has 0 aliphatic heterocycles. The number of nitrogens with one attached hydrogen (secondary N) is 1. The SMILES string of the molecule is CCNC(c1ccc(Cl)cc1)c1cn(C)nc1C. The Morgan fingerprint density at radius 1 is 1.33 bits per heavy atom. The molecular formula is C14H18ClN3. The van der Waals surface area contributed by atoms with Gasteiger partial charge in [0.05, 0.1) is 11.7 Å². The van der Waals surface area contributed by atoms with Crippen LogP contribution >= 0.6 is 11.6 Å². The molecule has 1 unspecified atom stereocenters. The number of hydrogen-bond donors (Lipinski definition) is 1. The van der Waals surface area contributed by atoms with Gasteiger partial charge in [-0.05, 0) is 31.2 Å². The van der Waals surface area contributed by atoms with Gasteiger partial charge in [0.15, 0.2) is 0 Å². The predicted octanol–water partition coefficient (Wildman–Crippen LogP) is 3.08. The van der Waals surface area contributed by atoms with Crippen LogP contribution in [0.15, 0.2) is 30.5 Å². The van der Waals surface area contributed by atoms with Crippen molar-refractivity contribution in [3.8, 4) is 0 Å². The molecule has 1 aromatic carbocycles. The number of benzene rings is 1. The number of aromatic nitrogens is 2. The molecule has 2 rings (SSSR count). The summed E-state index contributed by atoms with van der Waals surface area (Å²) in [7, 11) is 1.95. The Morgan fingerprint density at radius 2 is 2.00 bits per heavy atom. The molecule has 2 aromatic rings. The second-order valence-corrected chi connectivity index (χ2v) is 4.82. The summed E-state index contributed by atoms with van der Waals surface area (Å²) >= 11 is 5.94. The van der Waals surface area contributed by atoms with E-state index in [0.29, 0.717) is 0 Å². The largest absolute Gasteiger partial charge is 0.306 e. The zero-order valence-corrected chi connectivity index (χ0v) is 11.7. The molecule has 0 aliphatic carbocycles. The third-order valence-corrected chi connectivity index (χ3v) is 3.23. The molecule has 1 aromatic heterocycles. The molecule has 0 aliphatic rings. The lowest BCUT2D eigenvalue weighted by molar-refractivity contribution is 0.627. The lowest BCUT2D eigenvalue weighted by atomic mass is 9.99. The van der Waals surface area contributed by atoms with Crippen LogP contribution in [0.2, 0.25) is 5.02 Å². The van der Waals surface area contributed by atoms with E-state index in [-0.39, 0.29) is 6.04 Å². The molecule has 0 radical (unpaired) electrons. The van der Waals surface area contributed by atoms with E-state index < -0.39 is 0 Å². The second-order valence-electron chi connectivity index (χ2n) is 4.39. The van der Waals surface area contributed by atoms with Gasteiger partial charge in [-0.1, -0.05) is 30.7 Å². The maximum atomic E-state index is 5.94. The fraction of sp³-hybridized carbons (Fsp3) is 0.357. The van der Waals surface area contributed by atoms with Crippen molar-refractivity contribution >= 4 is 11.6 Å². The lowest BCUT2D eigenvalue weighted by Crippen LogP contribution is -2.22. The van der Waals surface area contributed by atoms with Crippen molar-refractivity contribution in [3.05, 3.63) is 52.3 Å². The summed E-state index contributed by atoms with van der Waals surface area (Å²) in [6.45, 7) is 5.05. The molecule has 0 spiro atoms. The van der Waals surface area contributed by atoms with E-state index in [1.54, 1.807) is 0 Å². The summed E-state index contributed by atoms with van der Waals surface area (Å²) < 4.78 is 1.85. The van der Waals surface area contributed by atoms with Gasteiger partial charge in [0.25, 0.3) is 0 Å². The summed E-state index contributed by atoms with van der Waals surface area (Å²) in [6, 6.07) is 8.13. The molecule has 1 N–H and O–H groups in total. The Labute approximate surface area is 113 Å². The fourth-order valence-electron chi connectivity index (χ4n) is 2.17. The van der Waals surface area contributed by atoms with Crippen molar-refractivity contribution in [1.82, 2.24) is 15.1 Å². The molecule has 0 amide bonds. The van der Waals surface area contributed by atoms with Crippen LogP contribution < -0.4 is 5.32 Å². The fourth-order valence-corrected chi connectivity index (χ4v) is 2.29. The van der Waals surface area contributed by atoms with Gasteiger partial charge in [-0.3, -0.25) is 4.68 Å². The molecule has 18 heavy (non-hydrogen) atoms. The van der Waals surface area contributed by atoms with Gasteiger partial charge >= 0.3 is 0 Å². The molecule has 0 saturated heterocycles. The van der Waals surface area contributed by atoms with Crippen LogP contribution in [-0.4, -0.2) is 16.3 Å². The highest BCUT2D eigenvalue weighted by molar-refractivity contribution is 6.30. The Bertz CT molecular complexity index is 516. The average molecular weight is 264 g/mol. The summed E-state index contributed by atoms with van der Waals surface area (Å²) in [5.74, 6) is 0. The van der Waals surface area contributed by atoms with E-state index in [4.69, 9.17) is 11.6 Å². The summed E-state index contributed by atoms with van der Waals surface area (Å²) in [6.07, 6.45) is 2.07. The van der Waals surface area contributed by atoms with E-state index in [1.807, 2.05) is 30.8 Å². The van der Waals surface area contributed by atoms with E-state index in [2.05, 4.69) is 35.7 Å². The summed E-state index contributed by atoms with van der Waals surface area (Å²) in [5, 5.41) is 8.66. The van der Waals surface area contributed by atoms with E-state index in [1.165, 1.54) is 11.1 Å². The predicted molar refractivity (Wildman–Crippen MR) is 74.9 cm³/mol. The van der Waals surface area contributed by atoms with Crippen LogP contribution in [0.1, 0.15) is 29.8 Å². The molecule has 0 bridgehead atoms. The van der Waals surface area contributed by atoms with Crippen LogP contribution in [0.3, 0.4) is 0 Å². The molecule has 4 heteroatoms. The smallest absolute Gasteiger partial charge is 0.0644 e. The number of hydrogen-bond acceptors (Lipinski definition) is 2. The van der Waals surface area contributed by atoms with Gasteiger partial charge in [-0.15, -0.1) is 0 Å². The molecule has 1 atom stereocenters. The molecular weight excluding hydrogens is 246 g/mol. The number of aryl methyl sites for hydroxylation is 2. The normalized spacial score (nSPS) is 12.7. The summed E-state index contributed by atoms with van der Waals surface area (Å²) in [4.78, 5) is 0. The molecule has 0 saturated carbocycles. The first kappa shape index (κ1) is 13.1. The van der Waals surface area contributed by atoms with Crippen molar-refractivity contribution in [2.75, 3.05) is 6.54 Å². The van der Waals surface area contributed by atoms with Crippen molar-refractivity contribution in [3.63, 3.8) is 0 Å². The van der Waals surface area contributed by atoms with Crippen LogP contribution in [0.25, 0.3) is 0 Å². The number of halogens is 1. The first-order valence-corrected chi connectivity index (χ1v) is 6.48. The first-order valence-electron chi connectivity index (χ1n) is 6.10. The number of rotatable bonds is 4. The van der Waals surface area contributed by atoms with Crippen LogP contribution in [-0.2, 0) is 7.05 Å². The maximum absolute atomic E-state index is 5.94. The molecule has 1 heterocycles. The van der Waals surface area contributed by atoms with Crippen molar-refractivity contribution < 1.29 is 0 Å². The van der Waals surface area contributed by atoms with Crippen molar-refractivity contribution in [1.29, 1.82) is 0 Å². The Morgan fingerprint density at radius 3 is 2.50 bits per heavy atom. The second kappa shape index (κ2) is 5.55. The third-order valence-electron chi connectivity index (χ3n) is 2.97. The molecule has 0 fully saturated rings. The van der Waals surface area contributed by atoms with Crippen LogP contribution in [0, 0.1) is 6.92 Å². The number of nitrogens with zero attached hydrogens (tertiary/aromatic N) is 2. The molecule has 3 nitrogen and oxygen atoms in total. The quantitative estimate of drug-likeness (QED) is 0.919. The van der Waals surface area contributed by atoms with Crippen LogP contribution in [0.4, 0.5) is 0 Å². The van der Waals surface area contributed by atoms with Gasteiger partial charge in [-0.2, -0.15) is 5.10 Å². The first-order chi connectivity index (χ1) is 8.61. The topological polar surface area (TPSA) is 29.9 Å². The highest BCUT2D eigenvalue weighted by Crippen LogP contribution is 2.25. The Hall–Kier alpha value is -1.32. The van der Waals surface area contributed by atoms with E-state index in [9.17, 15) is 0 Å². The van der Waals surface area contributed by atoms with Crippen molar-refractivity contribution in [2.24, 2.45) is 7.05 Å². The van der Waals surface area contributed by atoms with E-state index >= 15 is 0 Å². The highest BCUT2D eigenvalue weighted by Gasteiger charge is 2.17. The zero-order chi connectivity index (χ0) is 13.1. The average Bonchev–Trinajstić information content (AvgIpc) is 2.67. The Balaban J connectivity index is 2.39. The van der Waals surface area contributed by atoms with E-state index in [0.717, 1.165) is 17.3 Å². The minimum absolute atomic E-state index is 0.168. The monoisotopic (exact) mass is 263 g/mol. The Kier molecular flexibility index (Phi) is 4.04. The minimum Gasteiger partial charge on any atom is -0.306 e. The zero-order valence-electron chi connectivity index (χ0n) is 10.9. The minimum atomic E-state index is 0.168. The van der Waals surface area contributed by atoms with Gasteiger partial charge < -0.3 is 5.32 Å². The van der Waals surface area contributed by atoms with Crippen molar-refractivity contribution in [2.45, 2.75) is 19.9 Å². The van der Waals surface area contributed by atoms with Crippen LogP contribution in [0.5, 0.6) is 0 Å². The van der Waals surface area contributed by atoms with Gasteiger partial charge in [0, 0.05) is 23.8 Å². The highest BCUT2D eigenvalue weighted by atomic mass is 35.5. The lowest BCUT2D eigenvalue weighted by Gasteiger charge is -2.18. The molecule has 96 valence electrons. The standard InChI is InChI=1S/C14H18ClN3/c1-4-16-14(11-5-7-12(15)8-6-11)13-9-18(3)17-10(13)2/h5-9,14,16H,4H2,1-3H3.